The standard InChI is InChI=1S/C26H20F7N7O2/c1-12(37-19-11-36-39-23(41)20(19)26(31,32)33)3-2-5-40-6-4-13-7-16(18(27)9-15(13)24(40)42)21-14(10-34)8-17(22(35)38-21)25(28,29)30/h4,6-9,11-12H,2-3,5H2,1H3,(H2,35,38)(H2,37,39,41)/t12-/m0/s1. The summed E-state index contributed by atoms with van der Waals surface area (Å²) >= 11 is 0. The van der Waals surface area contributed by atoms with Crippen LogP contribution >= 0.6 is 0 Å². The van der Waals surface area contributed by atoms with Gasteiger partial charge in [0.05, 0.1) is 34.1 Å². The second-order valence-electron chi connectivity index (χ2n) is 9.33. The number of hydrogen-bond acceptors (Lipinski definition) is 7. The molecule has 4 rings (SSSR count). The second-order valence-corrected chi connectivity index (χ2v) is 9.33. The molecule has 3 aromatic heterocycles. The topological polar surface area (TPSA) is 142 Å². The van der Waals surface area contributed by atoms with Gasteiger partial charge in [-0.05, 0) is 49.4 Å². The van der Waals surface area contributed by atoms with Crippen LogP contribution in [0, 0.1) is 17.1 Å². The molecule has 0 saturated carbocycles. The minimum absolute atomic E-state index is 0.0623. The first kappa shape index (κ1) is 30.0. The monoisotopic (exact) mass is 595 g/mol. The number of aromatic nitrogens is 4. The van der Waals surface area contributed by atoms with Gasteiger partial charge in [-0.3, -0.25) is 9.59 Å². The summed E-state index contributed by atoms with van der Waals surface area (Å²) in [4.78, 5) is 28.3. The maximum absolute atomic E-state index is 15.1. The van der Waals surface area contributed by atoms with Gasteiger partial charge in [-0.1, -0.05) is 0 Å². The first-order valence-corrected chi connectivity index (χ1v) is 12.1. The van der Waals surface area contributed by atoms with E-state index >= 15 is 4.39 Å². The quantitative estimate of drug-likeness (QED) is 0.254. The number of anilines is 2. The highest BCUT2D eigenvalue weighted by Gasteiger charge is 2.38. The number of nitrogens with two attached hydrogens (primary N) is 1. The lowest BCUT2D eigenvalue weighted by molar-refractivity contribution is -0.138. The van der Waals surface area contributed by atoms with E-state index in [2.05, 4.69) is 15.4 Å². The third kappa shape index (κ3) is 6.04. The molecular formula is C26H20F7N7O2. The van der Waals surface area contributed by atoms with Crippen LogP contribution in [0.5, 0.6) is 0 Å². The smallest absolute Gasteiger partial charge is 0.383 e. The van der Waals surface area contributed by atoms with Gasteiger partial charge < -0.3 is 15.6 Å². The van der Waals surface area contributed by atoms with Crippen molar-refractivity contribution in [3.8, 4) is 17.3 Å². The highest BCUT2D eigenvalue weighted by molar-refractivity contribution is 5.87. The number of aryl methyl sites for hydroxylation is 1. The van der Waals surface area contributed by atoms with Gasteiger partial charge in [0, 0.05) is 24.3 Å². The number of halogens is 7. The zero-order valence-electron chi connectivity index (χ0n) is 21.5. The number of alkyl halides is 6. The van der Waals surface area contributed by atoms with Crippen LogP contribution in [0.25, 0.3) is 22.0 Å². The second kappa shape index (κ2) is 11.1. The Kier molecular flexibility index (Phi) is 7.97. The first-order chi connectivity index (χ1) is 19.6. The van der Waals surface area contributed by atoms with E-state index in [-0.39, 0.29) is 29.3 Å². The summed E-state index contributed by atoms with van der Waals surface area (Å²) < 4.78 is 95.7. The summed E-state index contributed by atoms with van der Waals surface area (Å²) in [5.41, 5.74) is -1.11. The maximum atomic E-state index is 15.1. The van der Waals surface area contributed by atoms with E-state index in [0.29, 0.717) is 12.5 Å². The van der Waals surface area contributed by atoms with Crippen molar-refractivity contribution < 1.29 is 30.7 Å². The summed E-state index contributed by atoms with van der Waals surface area (Å²) in [6, 6.07) is 4.99. The number of fused-ring (bicyclic) bond motifs is 1. The first-order valence-electron chi connectivity index (χ1n) is 12.1. The summed E-state index contributed by atoms with van der Waals surface area (Å²) in [6.45, 7) is 1.69. The zero-order chi connectivity index (χ0) is 31.0. The van der Waals surface area contributed by atoms with Crippen molar-refractivity contribution in [2.45, 2.75) is 44.7 Å². The Labute approximate surface area is 231 Å². The van der Waals surface area contributed by atoms with Crippen molar-refractivity contribution >= 4 is 22.3 Å². The van der Waals surface area contributed by atoms with Crippen molar-refractivity contribution in [3.05, 3.63) is 79.9 Å². The third-order valence-electron chi connectivity index (χ3n) is 6.38. The molecule has 0 spiro atoms. The fraction of sp³-hybridized carbons (Fsp3) is 0.269. The van der Waals surface area contributed by atoms with Crippen molar-refractivity contribution in [1.29, 1.82) is 5.26 Å². The Morgan fingerprint density at radius 1 is 1.14 bits per heavy atom. The van der Waals surface area contributed by atoms with Gasteiger partial charge in [0.15, 0.2) is 0 Å². The molecule has 0 amide bonds. The van der Waals surface area contributed by atoms with E-state index in [1.165, 1.54) is 22.9 Å². The molecule has 0 bridgehead atoms. The molecule has 0 fully saturated rings. The number of nitrogen functional groups attached to an aromatic ring is 1. The van der Waals surface area contributed by atoms with Crippen LogP contribution in [0.15, 0.2) is 46.2 Å². The summed E-state index contributed by atoms with van der Waals surface area (Å²) in [5.74, 6) is -1.97. The highest BCUT2D eigenvalue weighted by Crippen LogP contribution is 2.37. The van der Waals surface area contributed by atoms with Crippen LogP contribution in [0.1, 0.15) is 36.5 Å². The van der Waals surface area contributed by atoms with Gasteiger partial charge in [0.25, 0.3) is 11.1 Å². The van der Waals surface area contributed by atoms with Crippen molar-refractivity contribution in [2.24, 2.45) is 0 Å². The van der Waals surface area contributed by atoms with E-state index in [4.69, 9.17) is 5.73 Å². The minimum atomic E-state index is -4.91. The SMILES string of the molecule is C[C@@H](CCCn1ccc2cc(-c3nc(N)c(C(F)(F)F)cc3C#N)c(F)cc2c1=O)Nc1cn[nH]c(=O)c1C(F)(F)F. The normalized spacial score (nSPS) is 12.7. The zero-order valence-corrected chi connectivity index (χ0v) is 21.5. The molecule has 1 aromatic carbocycles. The van der Waals surface area contributed by atoms with Crippen molar-refractivity contribution in [1.82, 2.24) is 19.7 Å². The van der Waals surface area contributed by atoms with E-state index in [1.807, 2.05) is 0 Å². The molecule has 1 atom stereocenters. The van der Waals surface area contributed by atoms with Crippen molar-refractivity contribution in [2.75, 3.05) is 11.1 Å². The Bertz CT molecular complexity index is 1820. The Morgan fingerprint density at radius 3 is 2.50 bits per heavy atom. The molecule has 0 unspecified atom stereocenters. The van der Waals surface area contributed by atoms with E-state index in [0.717, 1.165) is 12.3 Å². The molecule has 0 aliphatic heterocycles. The molecule has 0 aliphatic rings. The fourth-order valence-electron chi connectivity index (χ4n) is 4.40. The lowest BCUT2D eigenvalue weighted by Gasteiger charge is -2.18. The molecule has 42 heavy (non-hydrogen) atoms. The summed E-state index contributed by atoms with van der Waals surface area (Å²) in [6.07, 6.45) is -6.96. The van der Waals surface area contributed by atoms with Crippen LogP contribution in [0.2, 0.25) is 0 Å². The Balaban J connectivity index is 1.55. The molecule has 4 aromatic rings. The number of aromatic amines is 1. The van der Waals surface area contributed by atoms with Crippen LogP contribution in [0.3, 0.4) is 0 Å². The predicted octanol–water partition coefficient (Wildman–Crippen LogP) is 5.06. The van der Waals surface area contributed by atoms with E-state index in [1.54, 1.807) is 18.1 Å². The number of nitrogens with zero attached hydrogens (tertiary/aromatic N) is 4. The van der Waals surface area contributed by atoms with Gasteiger partial charge in [0.2, 0.25) is 0 Å². The van der Waals surface area contributed by atoms with Crippen LogP contribution < -0.4 is 22.2 Å². The number of hydrogen-bond donors (Lipinski definition) is 3. The number of nitrogens with one attached hydrogen (secondary N) is 2. The number of H-pyrrole nitrogens is 1. The van der Waals surface area contributed by atoms with Gasteiger partial charge in [-0.25, -0.2) is 14.5 Å². The summed E-state index contributed by atoms with van der Waals surface area (Å²) in [5, 5.41) is 17.3. The van der Waals surface area contributed by atoms with E-state index in [9.17, 15) is 41.2 Å². The van der Waals surface area contributed by atoms with Crippen molar-refractivity contribution in [3.63, 3.8) is 0 Å². The average Bonchev–Trinajstić information content (AvgIpc) is 2.88. The molecular weight excluding hydrogens is 575 g/mol. The molecule has 4 N–H and O–H groups in total. The molecule has 0 saturated heterocycles. The largest absolute Gasteiger partial charge is 0.423 e. The third-order valence-corrected chi connectivity index (χ3v) is 6.38. The lowest BCUT2D eigenvalue weighted by atomic mass is 10.0. The average molecular weight is 595 g/mol. The highest BCUT2D eigenvalue weighted by atomic mass is 19.4. The maximum Gasteiger partial charge on any atom is 0.423 e. The molecule has 9 nitrogen and oxygen atoms in total. The molecule has 3 heterocycles. The van der Waals surface area contributed by atoms with Crippen LogP contribution in [0.4, 0.5) is 42.2 Å². The molecule has 0 aliphatic carbocycles. The minimum Gasteiger partial charge on any atom is -0.383 e. The Hall–Kier alpha value is -4.94. The lowest BCUT2D eigenvalue weighted by Crippen LogP contribution is -2.27. The fourth-order valence-corrected chi connectivity index (χ4v) is 4.40. The van der Waals surface area contributed by atoms with Crippen LogP contribution in [-0.2, 0) is 18.9 Å². The molecule has 220 valence electrons. The van der Waals surface area contributed by atoms with Crippen LogP contribution in [-0.4, -0.2) is 25.8 Å². The number of nitriles is 1. The Morgan fingerprint density at radius 2 is 1.86 bits per heavy atom. The molecule has 16 heteroatoms. The van der Waals surface area contributed by atoms with Gasteiger partial charge in [-0.15, -0.1) is 0 Å². The molecule has 0 radical (unpaired) electrons. The van der Waals surface area contributed by atoms with Gasteiger partial charge >= 0.3 is 12.4 Å². The summed E-state index contributed by atoms with van der Waals surface area (Å²) in [7, 11) is 0. The predicted molar refractivity (Wildman–Crippen MR) is 138 cm³/mol. The number of benzene rings is 1. The number of pyridine rings is 2. The van der Waals surface area contributed by atoms with Gasteiger partial charge in [0.1, 0.15) is 23.3 Å². The number of rotatable bonds is 7. The van der Waals surface area contributed by atoms with E-state index < -0.39 is 69.2 Å². The van der Waals surface area contributed by atoms with Gasteiger partial charge in [-0.2, -0.15) is 36.7 Å².